The van der Waals surface area contributed by atoms with Crippen LogP contribution in [0.2, 0.25) is 26.2 Å². The molecular weight excluding hydrogens is 344 g/mol. The Morgan fingerprint density at radius 2 is 0.731 bits per heavy atom. The summed E-state index contributed by atoms with van der Waals surface area (Å²) in [4.78, 5) is 0. The summed E-state index contributed by atoms with van der Waals surface area (Å²) in [6.07, 6.45) is 0. The van der Waals surface area contributed by atoms with Gasteiger partial charge in [0.25, 0.3) is 0 Å². The molecule has 0 nitrogen and oxygen atoms in total. The molecule has 0 saturated carbocycles. The second-order valence-corrected chi connectivity index (χ2v) is 16.9. The normalized spacial score (nSPS) is 17.7. The molecule has 130 valence electrons. The van der Waals surface area contributed by atoms with Crippen molar-refractivity contribution in [2.24, 2.45) is 0 Å². The van der Waals surface area contributed by atoms with Crippen molar-refractivity contribution >= 4 is 36.9 Å². The molecule has 0 fully saturated rings. The van der Waals surface area contributed by atoms with E-state index in [4.69, 9.17) is 0 Å². The maximum atomic E-state index is 2.53. The van der Waals surface area contributed by atoms with Crippen LogP contribution in [0.1, 0.15) is 11.1 Å². The van der Waals surface area contributed by atoms with Gasteiger partial charge in [0.05, 0.1) is 0 Å². The molecule has 1 aliphatic heterocycles. The molecule has 0 N–H and O–H groups in total. The molecule has 4 rings (SSSR count). The van der Waals surface area contributed by atoms with Gasteiger partial charge in [0.1, 0.15) is 16.1 Å². The average molecular weight is 371 g/mol. The zero-order valence-corrected chi connectivity index (χ0v) is 18.1. The Balaban J connectivity index is 2.14. The lowest BCUT2D eigenvalue weighted by Gasteiger charge is -2.44. The van der Waals surface area contributed by atoms with E-state index in [0.717, 1.165) is 0 Å². The Labute approximate surface area is 159 Å². The quantitative estimate of drug-likeness (QED) is 0.543. The average Bonchev–Trinajstić information content (AvgIpc) is 2.66. The molecule has 2 heteroatoms. The molecular formula is C24H26Si2. The highest BCUT2D eigenvalue weighted by molar-refractivity contribution is 7.20. The minimum atomic E-state index is -1.80. The minimum Gasteiger partial charge on any atom is -0.0627 e. The molecule has 0 spiro atoms. The second kappa shape index (κ2) is 6.22. The van der Waals surface area contributed by atoms with Crippen LogP contribution in [0.3, 0.4) is 0 Å². The first kappa shape index (κ1) is 17.3. The van der Waals surface area contributed by atoms with E-state index in [1.807, 2.05) is 0 Å². The van der Waals surface area contributed by atoms with E-state index >= 15 is 0 Å². The first-order chi connectivity index (χ1) is 12.4. The van der Waals surface area contributed by atoms with Crippen molar-refractivity contribution in [3.05, 3.63) is 96.1 Å². The summed E-state index contributed by atoms with van der Waals surface area (Å²) < 4.78 is 0. The van der Waals surface area contributed by atoms with E-state index in [0.29, 0.717) is 0 Å². The number of rotatable bonds is 2. The van der Waals surface area contributed by atoms with E-state index in [9.17, 15) is 0 Å². The van der Waals surface area contributed by atoms with E-state index in [2.05, 4.69) is 111 Å². The van der Waals surface area contributed by atoms with E-state index < -0.39 is 16.1 Å². The summed E-state index contributed by atoms with van der Waals surface area (Å²) in [7, 11) is -3.60. The molecule has 0 unspecified atom stereocenters. The fourth-order valence-corrected chi connectivity index (χ4v) is 14.8. The van der Waals surface area contributed by atoms with Gasteiger partial charge in [-0.15, -0.1) is 0 Å². The number of fused-ring (bicyclic) bond motifs is 1. The van der Waals surface area contributed by atoms with Crippen LogP contribution in [0.15, 0.2) is 84.9 Å². The SMILES string of the molecule is C[Si]1(C)C(c2ccccc2)=C(c2ccccc2)[Si](C)(C)c2ccccc21. The van der Waals surface area contributed by atoms with Gasteiger partial charge in [-0.05, 0) is 21.5 Å². The highest BCUT2D eigenvalue weighted by Gasteiger charge is 2.46. The Morgan fingerprint density at radius 3 is 1.08 bits per heavy atom. The number of benzene rings is 3. The monoisotopic (exact) mass is 370 g/mol. The molecule has 26 heavy (non-hydrogen) atoms. The molecule has 3 aromatic carbocycles. The predicted molar refractivity (Wildman–Crippen MR) is 120 cm³/mol. The molecule has 0 bridgehead atoms. The van der Waals surface area contributed by atoms with Crippen LogP contribution < -0.4 is 10.4 Å². The minimum absolute atomic E-state index is 1.41. The van der Waals surface area contributed by atoms with Crippen molar-refractivity contribution in [2.45, 2.75) is 26.2 Å². The summed E-state index contributed by atoms with van der Waals surface area (Å²) in [5.74, 6) is 0. The highest BCUT2D eigenvalue weighted by Crippen LogP contribution is 2.41. The van der Waals surface area contributed by atoms with Crippen molar-refractivity contribution < 1.29 is 0 Å². The third-order valence-corrected chi connectivity index (χ3v) is 13.5. The van der Waals surface area contributed by atoms with Crippen LogP contribution in [0.25, 0.3) is 10.4 Å². The Kier molecular flexibility index (Phi) is 4.13. The van der Waals surface area contributed by atoms with Crippen LogP contribution in [-0.2, 0) is 0 Å². The Hall–Kier alpha value is -2.17. The predicted octanol–water partition coefficient (Wildman–Crippen LogP) is 5.22. The van der Waals surface area contributed by atoms with Crippen molar-refractivity contribution in [2.75, 3.05) is 0 Å². The van der Waals surface area contributed by atoms with E-state index in [1.54, 1.807) is 20.8 Å². The zero-order valence-electron chi connectivity index (χ0n) is 16.1. The van der Waals surface area contributed by atoms with E-state index in [1.165, 1.54) is 11.1 Å². The van der Waals surface area contributed by atoms with Crippen LogP contribution in [0, 0.1) is 0 Å². The summed E-state index contributed by atoms with van der Waals surface area (Å²) in [5, 5.41) is 6.55. The van der Waals surface area contributed by atoms with Gasteiger partial charge in [0.2, 0.25) is 0 Å². The van der Waals surface area contributed by atoms with Gasteiger partial charge in [-0.25, -0.2) is 0 Å². The van der Waals surface area contributed by atoms with Crippen molar-refractivity contribution in [3.8, 4) is 0 Å². The highest BCUT2D eigenvalue weighted by atomic mass is 28.3. The van der Waals surface area contributed by atoms with Crippen LogP contribution >= 0.6 is 0 Å². The molecule has 0 radical (unpaired) electrons. The summed E-state index contributed by atoms with van der Waals surface area (Å²) >= 11 is 0. The van der Waals surface area contributed by atoms with Gasteiger partial charge in [0, 0.05) is 0 Å². The molecule has 0 saturated heterocycles. The Bertz CT molecular complexity index is 887. The second-order valence-electron chi connectivity index (χ2n) is 8.28. The molecule has 1 aliphatic rings. The van der Waals surface area contributed by atoms with Gasteiger partial charge in [-0.1, -0.05) is 121 Å². The third kappa shape index (κ3) is 2.56. The van der Waals surface area contributed by atoms with Crippen molar-refractivity contribution in [1.82, 2.24) is 0 Å². The number of hydrogen-bond acceptors (Lipinski definition) is 0. The number of hydrogen-bond donors (Lipinski definition) is 0. The maximum absolute atomic E-state index is 2.53. The fraction of sp³-hybridized carbons (Fsp3) is 0.167. The van der Waals surface area contributed by atoms with Gasteiger partial charge in [0.15, 0.2) is 0 Å². The Morgan fingerprint density at radius 1 is 0.423 bits per heavy atom. The largest absolute Gasteiger partial charge is 0.112 e. The summed E-state index contributed by atoms with van der Waals surface area (Å²) in [6.45, 7) is 10.1. The standard InChI is InChI=1S/C24H26Si2/c1-25(2)21-17-11-12-18-22(21)26(3,4)24(20-15-9-6-10-16-20)23(25)19-13-7-5-8-14-19/h5-18H,1-4H3. The molecule has 0 atom stereocenters. The summed E-state index contributed by atoms with van der Waals surface area (Å²) in [6, 6.07) is 31.5. The first-order valence-corrected chi connectivity index (χ1v) is 15.4. The third-order valence-electron chi connectivity index (χ3n) is 5.90. The van der Waals surface area contributed by atoms with Crippen LogP contribution in [0.4, 0.5) is 0 Å². The molecule has 3 aromatic rings. The molecule has 1 heterocycles. The lowest BCUT2D eigenvalue weighted by atomic mass is 10.1. The topological polar surface area (TPSA) is 0 Å². The summed E-state index contributed by atoms with van der Waals surface area (Å²) in [5.41, 5.74) is 2.83. The lowest BCUT2D eigenvalue weighted by molar-refractivity contribution is 1.57. The molecule has 0 amide bonds. The first-order valence-electron chi connectivity index (χ1n) is 9.40. The van der Waals surface area contributed by atoms with Crippen LogP contribution in [-0.4, -0.2) is 16.1 Å². The van der Waals surface area contributed by atoms with Gasteiger partial charge < -0.3 is 0 Å². The lowest BCUT2D eigenvalue weighted by Crippen LogP contribution is -2.64. The van der Waals surface area contributed by atoms with Crippen molar-refractivity contribution in [1.29, 1.82) is 0 Å². The van der Waals surface area contributed by atoms with Crippen LogP contribution in [0.5, 0.6) is 0 Å². The zero-order chi connectivity index (χ0) is 18.4. The molecule has 0 aliphatic carbocycles. The van der Waals surface area contributed by atoms with Gasteiger partial charge in [-0.2, -0.15) is 0 Å². The maximum Gasteiger partial charge on any atom is 0.112 e. The molecule has 0 aromatic heterocycles. The van der Waals surface area contributed by atoms with Gasteiger partial charge >= 0.3 is 0 Å². The van der Waals surface area contributed by atoms with Crippen molar-refractivity contribution in [3.63, 3.8) is 0 Å². The van der Waals surface area contributed by atoms with E-state index in [-0.39, 0.29) is 0 Å². The smallest absolute Gasteiger partial charge is 0.0627 e. The van der Waals surface area contributed by atoms with Gasteiger partial charge in [-0.3, -0.25) is 0 Å². The fourth-order valence-electron chi connectivity index (χ4n) is 4.69.